The Morgan fingerprint density at radius 1 is 1.29 bits per heavy atom. The molecule has 0 spiro atoms. The second-order valence-corrected chi connectivity index (χ2v) is 7.49. The maximum absolute atomic E-state index is 12.8. The minimum atomic E-state index is -3.64. The molecule has 0 saturated carbocycles. The van der Waals surface area contributed by atoms with Gasteiger partial charge in [0.05, 0.1) is 10.5 Å². The summed E-state index contributed by atoms with van der Waals surface area (Å²) in [7, 11) is -3.64. The Bertz CT molecular complexity index is 639. The molecule has 1 aromatic rings. The standard InChI is InChI=1S/C15H21NO4S/c1-11-7-8-13(10-14(11)15(17)18)21(19,20)16-9-5-3-4-6-12(16)2/h7-8,10,12H,3-6,9H2,1-2H3,(H,17,18). The van der Waals surface area contributed by atoms with Gasteiger partial charge >= 0.3 is 5.97 Å². The molecule has 1 aliphatic heterocycles. The second-order valence-electron chi connectivity index (χ2n) is 5.60. The molecular formula is C15H21NO4S. The summed E-state index contributed by atoms with van der Waals surface area (Å²) in [5.41, 5.74) is 0.601. The maximum atomic E-state index is 12.8. The van der Waals surface area contributed by atoms with Gasteiger partial charge in [-0.15, -0.1) is 0 Å². The fourth-order valence-corrected chi connectivity index (χ4v) is 4.46. The van der Waals surface area contributed by atoms with E-state index in [2.05, 4.69) is 0 Å². The van der Waals surface area contributed by atoms with Crippen molar-refractivity contribution in [2.24, 2.45) is 0 Å². The van der Waals surface area contributed by atoms with Crippen LogP contribution in [-0.2, 0) is 10.0 Å². The minimum absolute atomic E-state index is 0.0403. The number of hydrogen-bond donors (Lipinski definition) is 1. The Morgan fingerprint density at radius 3 is 2.67 bits per heavy atom. The highest BCUT2D eigenvalue weighted by Crippen LogP contribution is 2.25. The summed E-state index contributed by atoms with van der Waals surface area (Å²) in [6.07, 6.45) is 3.75. The van der Waals surface area contributed by atoms with E-state index in [1.165, 1.54) is 16.4 Å². The highest BCUT2D eigenvalue weighted by molar-refractivity contribution is 7.89. The molecule has 116 valence electrons. The molecule has 1 aliphatic rings. The molecule has 0 aliphatic carbocycles. The van der Waals surface area contributed by atoms with Crippen molar-refractivity contribution >= 4 is 16.0 Å². The van der Waals surface area contributed by atoms with Crippen molar-refractivity contribution < 1.29 is 18.3 Å². The number of aryl methyl sites for hydroxylation is 1. The van der Waals surface area contributed by atoms with Gasteiger partial charge < -0.3 is 5.11 Å². The fraction of sp³-hybridized carbons (Fsp3) is 0.533. The zero-order chi connectivity index (χ0) is 15.6. The van der Waals surface area contributed by atoms with Crippen LogP contribution < -0.4 is 0 Å². The highest BCUT2D eigenvalue weighted by atomic mass is 32.2. The van der Waals surface area contributed by atoms with Crippen LogP contribution in [0.25, 0.3) is 0 Å². The fourth-order valence-electron chi connectivity index (χ4n) is 2.73. The normalized spacial score (nSPS) is 21.0. The molecule has 1 atom stereocenters. The summed E-state index contributed by atoms with van der Waals surface area (Å²) in [6.45, 7) is 4.07. The SMILES string of the molecule is Cc1ccc(S(=O)(=O)N2CCCCCC2C)cc1C(=O)O. The lowest BCUT2D eigenvalue weighted by Crippen LogP contribution is -2.38. The number of benzene rings is 1. The molecule has 0 amide bonds. The number of carbonyl (C=O) groups is 1. The monoisotopic (exact) mass is 311 g/mol. The molecule has 0 aromatic heterocycles. The van der Waals surface area contributed by atoms with Gasteiger partial charge in [0.25, 0.3) is 0 Å². The summed E-state index contributed by atoms with van der Waals surface area (Å²) in [4.78, 5) is 11.3. The largest absolute Gasteiger partial charge is 0.478 e. The molecule has 0 bridgehead atoms. The topological polar surface area (TPSA) is 74.7 Å². The molecule has 2 rings (SSSR count). The first-order chi connectivity index (χ1) is 9.84. The van der Waals surface area contributed by atoms with Crippen molar-refractivity contribution in [2.45, 2.75) is 50.5 Å². The Balaban J connectivity index is 2.43. The third-order valence-corrected chi connectivity index (χ3v) is 6.05. The molecule has 6 heteroatoms. The third-order valence-electron chi connectivity index (χ3n) is 4.04. The first kappa shape index (κ1) is 16.0. The van der Waals surface area contributed by atoms with E-state index in [4.69, 9.17) is 5.11 Å². The zero-order valence-corrected chi connectivity index (χ0v) is 13.2. The van der Waals surface area contributed by atoms with Gasteiger partial charge in [-0.25, -0.2) is 13.2 Å². The van der Waals surface area contributed by atoms with Crippen molar-refractivity contribution in [3.63, 3.8) is 0 Å². The van der Waals surface area contributed by atoms with Gasteiger partial charge in [0.15, 0.2) is 0 Å². The van der Waals surface area contributed by atoms with Crippen molar-refractivity contribution in [1.29, 1.82) is 0 Å². The van der Waals surface area contributed by atoms with Crippen molar-refractivity contribution in [3.8, 4) is 0 Å². The van der Waals surface area contributed by atoms with E-state index >= 15 is 0 Å². The smallest absolute Gasteiger partial charge is 0.335 e. The van der Waals surface area contributed by atoms with Crippen LogP contribution in [0.15, 0.2) is 23.1 Å². The lowest BCUT2D eigenvalue weighted by atomic mass is 10.1. The van der Waals surface area contributed by atoms with E-state index in [0.29, 0.717) is 12.1 Å². The van der Waals surface area contributed by atoms with Gasteiger partial charge in [0, 0.05) is 12.6 Å². The van der Waals surface area contributed by atoms with Crippen molar-refractivity contribution in [3.05, 3.63) is 29.3 Å². The Labute approximate surface area is 125 Å². The molecule has 0 radical (unpaired) electrons. The molecule has 1 aromatic carbocycles. The van der Waals surface area contributed by atoms with E-state index in [0.717, 1.165) is 25.7 Å². The average Bonchev–Trinajstić information content (AvgIpc) is 2.63. The number of rotatable bonds is 3. The molecule has 1 unspecified atom stereocenters. The van der Waals surface area contributed by atoms with Crippen molar-refractivity contribution in [1.82, 2.24) is 4.31 Å². The quantitative estimate of drug-likeness (QED) is 0.931. The lowest BCUT2D eigenvalue weighted by molar-refractivity contribution is 0.0696. The number of carboxylic acid groups (broad SMARTS) is 1. The van der Waals surface area contributed by atoms with E-state index in [1.54, 1.807) is 13.0 Å². The zero-order valence-electron chi connectivity index (χ0n) is 12.4. The summed E-state index contributed by atoms with van der Waals surface area (Å²) in [6, 6.07) is 4.27. The van der Waals surface area contributed by atoms with Crippen LogP contribution in [0.2, 0.25) is 0 Å². The van der Waals surface area contributed by atoms with Crippen LogP contribution in [0.1, 0.15) is 48.5 Å². The van der Waals surface area contributed by atoms with Crippen LogP contribution >= 0.6 is 0 Å². The minimum Gasteiger partial charge on any atom is -0.478 e. The summed E-state index contributed by atoms with van der Waals surface area (Å²) < 4.78 is 27.0. The van der Waals surface area contributed by atoms with Gasteiger partial charge in [-0.05, 0) is 44.4 Å². The van der Waals surface area contributed by atoms with Crippen LogP contribution in [0, 0.1) is 6.92 Å². The second kappa shape index (κ2) is 6.15. The number of sulfonamides is 1. The van der Waals surface area contributed by atoms with Crippen LogP contribution in [-0.4, -0.2) is 36.4 Å². The molecule has 1 saturated heterocycles. The molecule has 5 nitrogen and oxygen atoms in total. The van der Waals surface area contributed by atoms with Gasteiger partial charge in [-0.2, -0.15) is 4.31 Å². The average molecular weight is 311 g/mol. The number of nitrogens with zero attached hydrogens (tertiary/aromatic N) is 1. The number of hydrogen-bond acceptors (Lipinski definition) is 3. The number of carboxylic acids is 1. The number of aromatic carboxylic acids is 1. The van der Waals surface area contributed by atoms with E-state index in [1.807, 2.05) is 6.92 Å². The van der Waals surface area contributed by atoms with E-state index in [9.17, 15) is 13.2 Å². The Hall–Kier alpha value is -1.40. The molecular weight excluding hydrogens is 290 g/mol. The van der Waals surface area contributed by atoms with Crippen LogP contribution in [0.4, 0.5) is 0 Å². The van der Waals surface area contributed by atoms with E-state index in [-0.39, 0.29) is 16.5 Å². The maximum Gasteiger partial charge on any atom is 0.335 e. The highest BCUT2D eigenvalue weighted by Gasteiger charge is 2.30. The van der Waals surface area contributed by atoms with Crippen LogP contribution in [0.3, 0.4) is 0 Å². The molecule has 1 heterocycles. The summed E-state index contributed by atoms with van der Waals surface area (Å²) >= 11 is 0. The molecule has 1 fully saturated rings. The Morgan fingerprint density at radius 2 is 2.00 bits per heavy atom. The molecule has 1 N–H and O–H groups in total. The summed E-state index contributed by atoms with van der Waals surface area (Å²) in [5, 5.41) is 9.15. The van der Waals surface area contributed by atoms with Gasteiger partial charge in [0.1, 0.15) is 0 Å². The first-order valence-electron chi connectivity index (χ1n) is 7.20. The van der Waals surface area contributed by atoms with Gasteiger partial charge in [0.2, 0.25) is 10.0 Å². The van der Waals surface area contributed by atoms with E-state index < -0.39 is 16.0 Å². The van der Waals surface area contributed by atoms with Gasteiger partial charge in [-0.3, -0.25) is 0 Å². The van der Waals surface area contributed by atoms with Crippen LogP contribution in [0.5, 0.6) is 0 Å². The molecule has 21 heavy (non-hydrogen) atoms. The van der Waals surface area contributed by atoms with Gasteiger partial charge in [-0.1, -0.05) is 18.9 Å². The third kappa shape index (κ3) is 3.27. The predicted octanol–water partition coefficient (Wildman–Crippen LogP) is 2.65. The predicted molar refractivity (Wildman–Crippen MR) is 80.0 cm³/mol. The first-order valence-corrected chi connectivity index (χ1v) is 8.64. The summed E-state index contributed by atoms with van der Waals surface area (Å²) in [5.74, 6) is -1.10. The van der Waals surface area contributed by atoms with Crippen molar-refractivity contribution in [2.75, 3.05) is 6.54 Å². The lowest BCUT2D eigenvalue weighted by Gasteiger charge is -2.26. The Kier molecular flexibility index (Phi) is 4.68.